The molecule has 0 aliphatic heterocycles. The molecule has 5 nitrogen and oxygen atoms in total. The Kier molecular flexibility index (Phi) is 5.20. The number of hydrogen-bond acceptors (Lipinski definition) is 4. The number of benzene rings is 1. The summed E-state index contributed by atoms with van der Waals surface area (Å²) in [6, 6.07) is 4.52. The molecule has 3 N–H and O–H groups in total. The fourth-order valence-electron chi connectivity index (χ4n) is 1.40. The van der Waals surface area contributed by atoms with Crippen molar-refractivity contribution in [1.29, 1.82) is 0 Å². The Labute approximate surface area is 106 Å². The van der Waals surface area contributed by atoms with E-state index in [0.29, 0.717) is 11.5 Å². The van der Waals surface area contributed by atoms with Crippen molar-refractivity contribution in [3.05, 3.63) is 29.8 Å². The van der Waals surface area contributed by atoms with E-state index in [1.165, 1.54) is 0 Å². The monoisotopic (exact) mass is 251 g/mol. The van der Waals surface area contributed by atoms with Gasteiger partial charge in [0.1, 0.15) is 17.5 Å². The Balaban J connectivity index is 2.77. The molecule has 98 valence electrons. The van der Waals surface area contributed by atoms with E-state index in [0.717, 1.165) is 5.56 Å². The zero-order chi connectivity index (χ0) is 13.5. The second kappa shape index (κ2) is 6.66. The topological polar surface area (TPSA) is 81.8 Å². The molecule has 18 heavy (non-hydrogen) atoms. The molecule has 0 amide bonds. The van der Waals surface area contributed by atoms with Crippen LogP contribution in [0.1, 0.15) is 12.0 Å². The molecule has 0 saturated carbocycles. The first-order valence-corrected chi connectivity index (χ1v) is 5.45. The highest BCUT2D eigenvalue weighted by atomic mass is 16.5. The first-order chi connectivity index (χ1) is 8.58. The molecular formula is C13H17NO4. The van der Waals surface area contributed by atoms with Crippen LogP contribution >= 0.6 is 0 Å². The van der Waals surface area contributed by atoms with E-state index in [9.17, 15) is 4.79 Å². The molecule has 0 spiro atoms. The van der Waals surface area contributed by atoms with E-state index in [-0.39, 0.29) is 6.42 Å². The van der Waals surface area contributed by atoms with Crippen molar-refractivity contribution in [2.24, 2.45) is 5.73 Å². The predicted octanol–water partition coefficient (Wildman–Crippen LogP) is 1.52. The summed E-state index contributed by atoms with van der Waals surface area (Å²) in [5.41, 5.74) is 6.24. The molecule has 5 heteroatoms. The van der Waals surface area contributed by atoms with Crippen molar-refractivity contribution < 1.29 is 19.4 Å². The van der Waals surface area contributed by atoms with Gasteiger partial charge in [-0.1, -0.05) is 12.2 Å². The molecule has 1 aromatic carbocycles. The first kappa shape index (κ1) is 14.1. The minimum Gasteiger partial charge on any atom is -0.497 e. The van der Waals surface area contributed by atoms with Gasteiger partial charge in [-0.15, -0.1) is 0 Å². The Hall–Kier alpha value is -2.01. The first-order valence-electron chi connectivity index (χ1n) is 5.45. The lowest BCUT2D eigenvalue weighted by molar-refractivity contribution is -0.138. The van der Waals surface area contributed by atoms with Gasteiger partial charge in [-0.25, -0.2) is 0 Å². The number of nitrogens with two attached hydrogens (primary N) is 1. The zero-order valence-corrected chi connectivity index (χ0v) is 10.4. The summed E-state index contributed by atoms with van der Waals surface area (Å²) in [6.07, 6.45) is 3.76. The van der Waals surface area contributed by atoms with E-state index >= 15 is 0 Å². The van der Waals surface area contributed by atoms with Crippen molar-refractivity contribution in [2.75, 3.05) is 14.2 Å². The molecule has 1 rings (SSSR count). The molecule has 0 saturated heterocycles. The summed E-state index contributed by atoms with van der Waals surface area (Å²) in [5.74, 6) is 0.349. The maximum atomic E-state index is 10.5. The summed E-state index contributed by atoms with van der Waals surface area (Å²) >= 11 is 0. The van der Waals surface area contributed by atoms with Crippen molar-refractivity contribution in [3.63, 3.8) is 0 Å². The number of aliphatic carboxylic acids is 1. The largest absolute Gasteiger partial charge is 0.497 e. The van der Waals surface area contributed by atoms with Gasteiger partial charge in [-0.2, -0.15) is 0 Å². The van der Waals surface area contributed by atoms with Crippen LogP contribution < -0.4 is 15.2 Å². The Bertz CT molecular complexity index is 443. The summed E-state index contributed by atoms with van der Waals surface area (Å²) in [7, 11) is 3.14. The van der Waals surface area contributed by atoms with Gasteiger partial charge >= 0.3 is 5.97 Å². The van der Waals surface area contributed by atoms with E-state index < -0.39 is 12.0 Å². The maximum absolute atomic E-state index is 10.5. The van der Waals surface area contributed by atoms with Gasteiger partial charge in [-0.05, 0) is 18.6 Å². The van der Waals surface area contributed by atoms with Gasteiger partial charge in [-0.3, -0.25) is 4.79 Å². The highest BCUT2D eigenvalue weighted by molar-refractivity contribution is 5.73. The number of rotatable bonds is 6. The standard InChI is InChI=1S/C13H17NO4/c1-17-10-7-6-9(12(8-10)18-2)4-3-5-11(14)13(15)16/h3-4,6-8,11H,5,14H2,1-2H3,(H,15,16)/b4-3+. The maximum Gasteiger partial charge on any atom is 0.320 e. The average molecular weight is 251 g/mol. The quantitative estimate of drug-likeness (QED) is 0.801. The van der Waals surface area contributed by atoms with Gasteiger partial charge in [0.25, 0.3) is 0 Å². The van der Waals surface area contributed by atoms with Gasteiger partial charge < -0.3 is 20.3 Å². The molecule has 1 unspecified atom stereocenters. The Morgan fingerprint density at radius 1 is 1.44 bits per heavy atom. The van der Waals surface area contributed by atoms with E-state index in [1.807, 2.05) is 6.07 Å². The SMILES string of the molecule is COc1ccc(/C=C/CC(N)C(=O)O)c(OC)c1. The Morgan fingerprint density at radius 3 is 2.72 bits per heavy atom. The second-order valence-electron chi connectivity index (χ2n) is 3.69. The number of carbonyl (C=O) groups is 1. The molecule has 0 aliphatic carbocycles. The summed E-state index contributed by atoms with van der Waals surface area (Å²) in [5, 5.41) is 8.65. The predicted molar refractivity (Wildman–Crippen MR) is 68.8 cm³/mol. The normalized spacial score (nSPS) is 12.4. The molecule has 0 aliphatic rings. The van der Waals surface area contributed by atoms with Gasteiger partial charge in [0.2, 0.25) is 0 Å². The molecule has 0 heterocycles. The van der Waals surface area contributed by atoms with Crippen molar-refractivity contribution in [1.82, 2.24) is 0 Å². The van der Waals surface area contributed by atoms with Crippen LogP contribution in [0.4, 0.5) is 0 Å². The lowest BCUT2D eigenvalue weighted by Gasteiger charge is -2.07. The fourth-order valence-corrected chi connectivity index (χ4v) is 1.40. The van der Waals surface area contributed by atoms with Crippen LogP contribution in [-0.4, -0.2) is 31.3 Å². The summed E-state index contributed by atoms with van der Waals surface area (Å²) in [6.45, 7) is 0. The molecule has 0 radical (unpaired) electrons. The smallest absolute Gasteiger partial charge is 0.320 e. The molecule has 0 aromatic heterocycles. The number of carboxylic acids is 1. The van der Waals surface area contributed by atoms with Crippen molar-refractivity contribution in [2.45, 2.75) is 12.5 Å². The summed E-state index contributed by atoms with van der Waals surface area (Å²) < 4.78 is 10.3. The number of methoxy groups -OCH3 is 2. The molecule has 0 bridgehead atoms. The van der Waals surface area contributed by atoms with Crippen LogP contribution in [0.5, 0.6) is 11.5 Å². The van der Waals surface area contributed by atoms with Crippen molar-refractivity contribution >= 4 is 12.0 Å². The van der Waals surface area contributed by atoms with Gasteiger partial charge in [0, 0.05) is 11.6 Å². The highest BCUT2D eigenvalue weighted by Gasteiger charge is 2.08. The fraction of sp³-hybridized carbons (Fsp3) is 0.308. The minimum absolute atomic E-state index is 0.268. The van der Waals surface area contributed by atoms with E-state index in [4.69, 9.17) is 20.3 Å². The van der Waals surface area contributed by atoms with Gasteiger partial charge in [0.05, 0.1) is 14.2 Å². The van der Waals surface area contributed by atoms with E-state index in [2.05, 4.69) is 0 Å². The van der Waals surface area contributed by atoms with Crippen LogP contribution in [0.15, 0.2) is 24.3 Å². The van der Waals surface area contributed by atoms with Crippen LogP contribution in [0, 0.1) is 0 Å². The third-order valence-corrected chi connectivity index (χ3v) is 2.45. The number of hydrogen-bond donors (Lipinski definition) is 2. The van der Waals surface area contributed by atoms with Crippen LogP contribution in [-0.2, 0) is 4.79 Å². The highest BCUT2D eigenvalue weighted by Crippen LogP contribution is 2.25. The van der Waals surface area contributed by atoms with Crippen LogP contribution in [0.3, 0.4) is 0 Å². The lowest BCUT2D eigenvalue weighted by atomic mass is 10.1. The number of ether oxygens (including phenoxy) is 2. The molecule has 0 fully saturated rings. The minimum atomic E-state index is -1.01. The second-order valence-corrected chi connectivity index (χ2v) is 3.69. The van der Waals surface area contributed by atoms with Crippen LogP contribution in [0.2, 0.25) is 0 Å². The number of carboxylic acid groups (broad SMARTS) is 1. The molecule has 1 atom stereocenters. The van der Waals surface area contributed by atoms with Gasteiger partial charge in [0.15, 0.2) is 0 Å². The lowest BCUT2D eigenvalue weighted by Crippen LogP contribution is -2.29. The van der Waals surface area contributed by atoms with Crippen molar-refractivity contribution in [3.8, 4) is 11.5 Å². The molecule has 1 aromatic rings. The van der Waals surface area contributed by atoms with Crippen LogP contribution in [0.25, 0.3) is 6.08 Å². The third kappa shape index (κ3) is 3.78. The average Bonchev–Trinajstić information content (AvgIpc) is 2.38. The zero-order valence-electron chi connectivity index (χ0n) is 10.4. The van der Waals surface area contributed by atoms with E-state index in [1.54, 1.807) is 38.5 Å². The molecular weight excluding hydrogens is 234 g/mol. The Morgan fingerprint density at radius 2 is 2.17 bits per heavy atom. The summed E-state index contributed by atoms with van der Waals surface area (Å²) in [4.78, 5) is 10.5. The third-order valence-electron chi connectivity index (χ3n) is 2.45.